The minimum absolute atomic E-state index is 0.128. The second-order valence-electron chi connectivity index (χ2n) is 5.24. The standard InChI is InChI=1S/C15H18N2O2S2/c1-16-9-10-17(21(18,19)15-8-5-11-20-15)14(12-16)13-6-3-2-4-7-13/h2-8,11,14H,9-10,12H2,1H3/t14-/m0/s1. The van der Waals surface area contributed by atoms with Gasteiger partial charge in [0.2, 0.25) is 0 Å². The van der Waals surface area contributed by atoms with Crippen LogP contribution in [-0.2, 0) is 10.0 Å². The molecule has 2 heterocycles. The summed E-state index contributed by atoms with van der Waals surface area (Å²) in [4.78, 5) is 2.18. The molecule has 1 atom stereocenters. The van der Waals surface area contributed by atoms with Gasteiger partial charge in [0, 0.05) is 19.6 Å². The van der Waals surface area contributed by atoms with Gasteiger partial charge in [-0.05, 0) is 24.1 Å². The molecule has 4 nitrogen and oxygen atoms in total. The molecule has 1 aromatic heterocycles. The lowest BCUT2D eigenvalue weighted by Gasteiger charge is -2.39. The predicted octanol–water partition coefficient (Wildman–Crippen LogP) is 2.43. The first kappa shape index (κ1) is 14.7. The Kier molecular flexibility index (Phi) is 4.12. The molecule has 0 N–H and O–H groups in total. The van der Waals surface area contributed by atoms with Crippen LogP contribution in [0.5, 0.6) is 0 Å². The van der Waals surface area contributed by atoms with Crippen molar-refractivity contribution >= 4 is 21.4 Å². The molecule has 0 amide bonds. The van der Waals surface area contributed by atoms with Crippen LogP contribution in [0.1, 0.15) is 11.6 Å². The topological polar surface area (TPSA) is 40.6 Å². The molecule has 0 radical (unpaired) electrons. The second kappa shape index (κ2) is 5.88. The van der Waals surface area contributed by atoms with Gasteiger partial charge in [0.15, 0.2) is 0 Å². The van der Waals surface area contributed by atoms with E-state index in [9.17, 15) is 8.42 Å². The van der Waals surface area contributed by atoms with Crippen molar-refractivity contribution in [2.24, 2.45) is 0 Å². The molecule has 112 valence electrons. The summed E-state index contributed by atoms with van der Waals surface area (Å²) in [6.45, 7) is 2.00. The fourth-order valence-electron chi connectivity index (χ4n) is 2.66. The quantitative estimate of drug-likeness (QED) is 0.871. The van der Waals surface area contributed by atoms with E-state index in [0.29, 0.717) is 17.3 Å². The van der Waals surface area contributed by atoms with Crippen LogP contribution >= 0.6 is 11.3 Å². The predicted molar refractivity (Wildman–Crippen MR) is 84.9 cm³/mol. The van der Waals surface area contributed by atoms with Crippen molar-refractivity contribution in [3.8, 4) is 0 Å². The molecular weight excluding hydrogens is 304 g/mol. The molecule has 0 bridgehead atoms. The van der Waals surface area contributed by atoms with E-state index >= 15 is 0 Å². The molecule has 1 aromatic carbocycles. The molecular formula is C15H18N2O2S2. The minimum Gasteiger partial charge on any atom is -0.303 e. The van der Waals surface area contributed by atoms with E-state index in [1.165, 1.54) is 11.3 Å². The Morgan fingerprint density at radius 3 is 2.52 bits per heavy atom. The van der Waals surface area contributed by atoms with Crippen molar-refractivity contribution in [1.82, 2.24) is 9.21 Å². The van der Waals surface area contributed by atoms with Crippen LogP contribution in [0, 0.1) is 0 Å². The number of hydrogen-bond acceptors (Lipinski definition) is 4. The van der Waals surface area contributed by atoms with Gasteiger partial charge >= 0.3 is 0 Å². The van der Waals surface area contributed by atoms with E-state index < -0.39 is 10.0 Å². The third kappa shape index (κ3) is 2.89. The van der Waals surface area contributed by atoms with Crippen LogP contribution in [0.4, 0.5) is 0 Å². The maximum atomic E-state index is 12.9. The molecule has 0 aliphatic carbocycles. The Hall–Kier alpha value is -1.21. The largest absolute Gasteiger partial charge is 0.303 e. The average molecular weight is 322 g/mol. The summed E-state index contributed by atoms with van der Waals surface area (Å²) in [5.74, 6) is 0. The Balaban J connectivity index is 1.99. The van der Waals surface area contributed by atoms with Crippen LogP contribution in [-0.4, -0.2) is 44.3 Å². The fraction of sp³-hybridized carbons (Fsp3) is 0.333. The maximum Gasteiger partial charge on any atom is 0.253 e. The first-order valence-electron chi connectivity index (χ1n) is 6.88. The highest BCUT2D eigenvalue weighted by atomic mass is 32.2. The number of nitrogens with zero attached hydrogens (tertiary/aromatic N) is 2. The second-order valence-corrected chi connectivity index (χ2v) is 8.30. The summed E-state index contributed by atoms with van der Waals surface area (Å²) in [5.41, 5.74) is 1.05. The van der Waals surface area contributed by atoms with E-state index in [0.717, 1.165) is 12.1 Å². The van der Waals surface area contributed by atoms with Gasteiger partial charge in [-0.1, -0.05) is 36.4 Å². The molecule has 21 heavy (non-hydrogen) atoms. The zero-order valence-electron chi connectivity index (χ0n) is 11.8. The monoisotopic (exact) mass is 322 g/mol. The third-order valence-electron chi connectivity index (χ3n) is 3.78. The van der Waals surface area contributed by atoms with Gasteiger partial charge < -0.3 is 4.90 Å². The normalized spacial score (nSPS) is 21.5. The maximum absolute atomic E-state index is 12.9. The molecule has 1 saturated heterocycles. The van der Waals surface area contributed by atoms with E-state index in [-0.39, 0.29) is 6.04 Å². The highest BCUT2D eigenvalue weighted by Gasteiger charge is 2.36. The van der Waals surface area contributed by atoms with Crippen LogP contribution in [0.2, 0.25) is 0 Å². The summed E-state index contributed by atoms with van der Waals surface area (Å²) in [5, 5.41) is 1.81. The van der Waals surface area contributed by atoms with Crippen molar-refractivity contribution in [1.29, 1.82) is 0 Å². The van der Waals surface area contributed by atoms with E-state index in [1.807, 2.05) is 37.4 Å². The van der Waals surface area contributed by atoms with E-state index in [1.54, 1.807) is 21.8 Å². The van der Waals surface area contributed by atoms with Gasteiger partial charge in [0.1, 0.15) is 4.21 Å². The van der Waals surface area contributed by atoms with Crippen molar-refractivity contribution in [2.75, 3.05) is 26.7 Å². The van der Waals surface area contributed by atoms with Gasteiger partial charge in [-0.15, -0.1) is 11.3 Å². The summed E-state index contributed by atoms with van der Waals surface area (Å²) >= 11 is 1.28. The molecule has 0 saturated carbocycles. The van der Waals surface area contributed by atoms with Crippen molar-refractivity contribution in [3.63, 3.8) is 0 Å². The molecule has 6 heteroatoms. The van der Waals surface area contributed by atoms with Gasteiger partial charge in [0.05, 0.1) is 6.04 Å². The van der Waals surface area contributed by atoms with Gasteiger partial charge in [0.25, 0.3) is 10.0 Å². The average Bonchev–Trinajstić information content (AvgIpc) is 3.03. The molecule has 1 aliphatic rings. The Morgan fingerprint density at radius 1 is 1.10 bits per heavy atom. The van der Waals surface area contributed by atoms with Crippen LogP contribution < -0.4 is 0 Å². The van der Waals surface area contributed by atoms with Crippen molar-refractivity contribution in [2.45, 2.75) is 10.3 Å². The van der Waals surface area contributed by atoms with Crippen LogP contribution in [0.25, 0.3) is 0 Å². The lowest BCUT2D eigenvalue weighted by atomic mass is 10.1. The first-order valence-corrected chi connectivity index (χ1v) is 9.20. The first-order chi connectivity index (χ1) is 10.1. The lowest BCUT2D eigenvalue weighted by molar-refractivity contribution is 0.161. The summed E-state index contributed by atoms with van der Waals surface area (Å²) in [7, 11) is -1.38. The number of thiophene rings is 1. The highest BCUT2D eigenvalue weighted by Crippen LogP contribution is 2.32. The van der Waals surface area contributed by atoms with Gasteiger partial charge in [-0.2, -0.15) is 4.31 Å². The smallest absolute Gasteiger partial charge is 0.253 e. The highest BCUT2D eigenvalue weighted by molar-refractivity contribution is 7.91. The summed E-state index contributed by atoms with van der Waals surface area (Å²) in [6, 6.07) is 13.2. The Labute approximate surface area is 129 Å². The third-order valence-corrected chi connectivity index (χ3v) is 7.06. The molecule has 1 fully saturated rings. The van der Waals surface area contributed by atoms with E-state index in [2.05, 4.69) is 4.90 Å². The van der Waals surface area contributed by atoms with Gasteiger partial charge in [-0.25, -0.2) is 8.42 Å². The number of benzene rings is 1. The Bertz CT molecular complexity index is 684. The van der Waals surface area contributed by atoms with E-state index in [4.69, 9.17) is 0 Å². The molecule has 1 aliphatic heterocycles. The molecule has 3 rings (SSSR count). The number of likely N-dealkylation sites (N-methyl/N-ethyl adjacent to an activating group) is 1. The summed E-state index contributed by atoms with van der Waals surface area (Å²) in [6.07, 6.45) is 0. The number of piperazine rings is 1. The number of sulfonamides is 1. The minimum atomic E-state index is -3.41. The fourth-order valence-corrected chi connectivity index (χ4v) is 5.38. The zero-order valence-corrected chi connectivity index (χ0v) is 13.5. The zero-order chi connectivity index (χ0) is 14.9. The van der Waals surface area contributed by atoms with Gasteiger partial charge in [-0.3, -0.25) is 0 Å². The van der Waals surface area contributed by atoms with Crippen LogP contribution in [0.15, 0.2) is 52.1 Å². The van der Waals surface area contributed by atoms with Crippen LogP contribution in [0.3, 0.4) is 0 Å². The lowest BCUT2D eigenvalue weighted by Crippen LogP contribution is -2.49. The molecule has 2 aromatic rings. The Morgan fingerprint density at radius 2 is 1.86 bits per heavy atom. The number of hydrogen-bond donors (Lipinski definition) is 0. The van der Waals surface area contributed by atoms with Crippen molar-refractivity contribution in [3.05, 3.63) is 53.4 Å². The van der Waals surface area contributed by atoms with Crippen molar-refractivity contribution < 1.29 is 8.42 Å². The molecule has 0 unspecified atom stereocenters. The SMILES string of the molecule is CN1CCN(S(=O)(=O)c2cccs2)[C@H](c2ccccc2)C1. The summed E-state index contributed by atoms with van der Waals surface area (Å²) < 4.78 is 27.8. The molecule has 0 spiro atoms. The number of rotatable bonds is 3.